The van der Waals surface area contributed by atoms with Gasteiger partial charge < -0.3 is 4.74 Å². The van der Waals surface area contributed by atoms with Gasteiger partial charge in [0, 0.05) is 0 Å². The molecular formula is C17H15NO3S. The summed E-state index contributed by atoms with van der Waals surface area (Å²) < 4.78 is 7.73. The molecule has 4 nitrogen and oxygen atoms in total. The topological polar surface area (TPSA) is 48.3 Å². The van der Waals surface area contributed by atoms with Gasteiger partial charge in [-0.1, -0.05) is 35.6 Å². The molecule has 0 aliphatic heterocycles. The summed E-state index contributed by atoms with van der Waals surface area (Å²) in [5, 5.41) is 0. The number of benzene rings is 2. The summed E-state index contributed by atoms with van der Waals surface area (Å²) in [7, 11) is 0. The number of ether oxygens (including phenoxy) is 1. The van der Waals surface area contributed by atoms with E-state index in [1.807, 2.05) is 50.2 Å². The van der Waals surface area contributed by atoms with Crippen molar-refractivity contribution in [3.63, 3.8) is 0 Å². The van der Waals surface area contributed by atoms with E-state index in [4.69, 9.17) is 4.74 Å². The van der Waals surface area contributed by atoms with E-state index < -0.39 is 5.97 Å². The van der Waals surface area contributed by atoms with Crippen LogP contribution in [0.3, 0.4) is 0 Å². The molecule has 0 radical (unpaired) electrons. The first kappa shape index (κ1) is 14.5. The van der Waals surface area contributed by atoms with Crippen molar-refractivity contribution in [2.75, 3.05) is 0 Å². The number of rotatable bonds is 3. The molecule has 0 atom stereocenters. The third-order valence-electron chi connectivity index (χ3n) is 3.64. The van der Waals surface area contributed by atoms with Gasteiger partial charge in [0.1, 0.15) is 12.3 Å². The lowest BCUT2D eigenvalue weighted by Crippen LogP contribution is -2.23. The molecular weight excluding hydrogens is 298 g/mol. The number of fused-ring (bicyclic) bond motifs is 1. The minimum Gasteiger partial charge on any atom is -0.425 e. The van der Waals surface area contributed by atoms with Crippen LogP contribution in [0.15, 0.2) is 47.3 Å². The molecule has 112 valence electrons. The maximum absolute atomic E-state index is 12.2. The molecule has 0 saturated carbocycles. The first-order valence-electron chi connectivity index (χ1n) is 6.91. The second kappa shape index (κ2) is 5.77. The van der Waals surface area contributed by atoms with E-state index in [0.29, 0.717) is 5.75 Å². The lowest BCUT2D eigenvalue weighted by Gasteiger charge is -2.09. The number of hydrogen-bond acceptors (Lipinski definition) is 4. The van der Waals surface area contributed by atoms with Crippen molar-refractivity contribution >= 4 is 27.5 Å². The molecule has 0 N–H and O–H groups in total. The minimum absolute atomic E-state index is 0.0871. The lowest BCUT2D eigenvalue weighted by atomic mass is 10.1. The van der Waals surface area contributed by atoms with Gasteiger partial charge in [0.25, 0.3) is 0 Å². The third kappa shape index (κ3) is 2.67. The predicted molar refractivity (Wildman–Crippen MR) is 87.6 cm³/mol. The van der Waals surface area contributed by atoms with Crippen molar-refractivity contribution in [3.8, 4) is 5.75 Å². The molecule has 0 aliphatic carbocycles. The van der Waals surface area contributed by atoms with Gasteiger partial charge in [0.05, 0.1) is 10.2 Å². The van der Waals surface area contributed by atoms with Crippen molar-refractivity contribution in [2.45, 2.75) is 20.4 Å². The number of aromatic nitrogens is 1. The monoisotopic (exact) mass is 313 g/mol. The van der Waals surface area contributed by atoms with Crippen LogP contribution in [0.25, 0.3) is 10.2 Å². The lowest BCUT2D eigenvalue weighted by molar-refractivity contribution is -0.135. The summed E-state index contributed by atoms with van der Waals surface area (Å²) in [6, 6.07) is 13.0. The maximum atomic E-state index is 12.2. The Bertz CT molecular complexity index is 908. The molecule has 3 aromatic rings. The quantitative estimate of drug-likeness (QED) is 0.551. The van der Waals surface area contributed by atoms with Crippen molar-refractivity contribution in [3.05, 3.63) is 63.3 Å². The van der Waals surface area contributed by atoms with Gasteiger partial charge in [-0.25, -0.2) is 4.79 Å². The Morgan fingerprint density at radius 2 is 1.91 bits per heavy atom. The zero-order chi connectivity index (χ0) is 15.7. The normalized spacial score (nSPS) is 10.8. The molecule has 0 amide bonds. The molecule has 1 heterocycles. The number of hydrogen-bond donors (Lipinski definition) is 0. The van der Waals surface area contributed by atoms with Crippen LogP contribution < -0.4 is 9.61 Å². The zero-order valence-electron chi connectivity index (χ0n) is 12.3. The Hall–Kier alpha value is -2.40. The number of para-hydroxylation sites is 1. The van der Waals surface area contributed by atoms with Crippen LogP contribution >= 0.6 is 11.3 Å². The van der Waals surface area contributed by atoms with E-state index in [-0.39, 0.29) is 11.4 Å². The van der Waals surface area contributed by atoms with Gasteiger partial charge in [-0.2, -0.15) is 0 Å². The fraction of sp³-hybridized carbons (Fsp3) is 0.176. The largest absolute Gasteiger partial charge is 0.425 e. The summed E-state index contributed by atoms with van der Waals surface area (Å²) in [5.41, 5.74) is 2.75. The van der Waals surface area contributed by atoms with Crippen LogP contribution in [-0.4, -0.2) is 10.5 Å². The van der Waals surface area contributed by atoms with E-state index in [2.05, 4.69) is 0 Å². The van der Waals surface area contributed by atoms with Gasteiger partial charge >= 0.3 is 10.8 Å². The summed E-state index contributed by atoms with van der Waals surface area (Å²) in [5.74, 6) is 0.0944. The molecule has 2 aromatic carbocycles. The van der Waals surface area contributed by atoms with Crippen molar-refractivity contribution in [1.82, 2.24) is 4.57 Å². The van der Waals surface area contributed by atoms with E-state index in [1.54, 1.807) is 6.07 Å². The predicted octanol–water partition coefficient (Wildman–Crippen LogP) is 3.29. The fourth-order valence-corrected chi connectivity index (χ4v) is 3.17. The highest BCUT2D eigenvalue weighted by molar-refractivity contribution is 7.16. The highest BCUT2D eigenvalue weighted by Crippen LogP contribution is 2.21. The molecule has 1 aromatic heterocycles. The Morgan fingerprint density at radius 1 is 1.14 bits per heavy atom. The molecule has 5 heteroatoms. The summed E-state index contributed by atoms with van der Waals surface area (Å²) in [4.78, 5) is 24.0. The Balaban J connectivity index is 1.86. The van der Waals surface area contributed by atoms with Gasteiger partial charge in [-0.05, 0) is 43.2 Å². The highest BCUT2D eigenvalue weighted by Gasteiger charge is 2.13. The van der Waals surface area contributed by atoms with Crippen LogP contribution in [0.4, 0.5) is 0 Å². The van der Waals surface area contributed by atoms with Crippen molar-refractivity contribution < 1.29 is 9.53 Å². The second-order valence-corrected chi connectivity index (χ2v) is 6.09. The van der Waals surface area contributed by atoms with Crippen molar-refractivity contribution in [1.29, 1.82) is 0 Å². The highest BCUT2D eigenvalue weighted by atomic mass is 32.1. The van der Waals surface area contributed by atoms with E-state index in [0.717, 1.165) is 32.7 Å². The Kier molecular flexibility index (Phi) is 3.81. The summed E-state index contributed by atoms with van der Waals surface area (Å²) in [6.07, 6.45) is 0. The van der Waals surface area contributed by atoms with Gasteiger partial charge in [0.15, 0.2) is 0 Å². The molecule has 0 bridgehead atoms. The molecule has 0 aliphatic rings. The molecule has 3 rings (SSSR count). The van der Waals surface area contributed by atoms with Crippen LogP contribution in [0.2, 0.25) is 0 Å². The van der Waals surface area contributed by atoms with Crippen molar-refractivity contribution in [2.24, 2.45) is 0 Å². The summed E-state index contributed by atoms with van der Waals surface area (Å²) >= 11 is 1.13. The second-order valence-electron chi connectivity index (χ2n) is 5.09. The van der Waals surface area contributed by atoms with E-state index in [9.17, 15) is 9.59 Å². The number of esters is 1. The van der Waals surface area contributed by atoms with Gasteiger partial charge in [-0.15, -0.1) is 0 Å². The number of carbonyl (C=O) groups excluding carboxylic acids is 1. The number of carbonyl (C=O) groups is 1. The SMILES string of the molecule is Cc1cccc(OC(=O)Cn2c(=O)sc3ccccc32)c1C. The molecule has 0 spiro atoms. The number of nitrogens with zero attached hydrogens (tertiary/aromatic N) is 1. The maximum Gasteiger partial charge on any atom is 0.331 e. The Labute approximate surface area is 131 Å². The molecule has 0 unspecified atom stereocenters. The average Bonchev–Trinajstić information content (AvgIpc) is 2.80. The van der Waals surface area contributed by atoms with Gasteiger partial charge in [0.2, 0.25) is 0 Å². The van der Waals surface area contributed by atoms with Crippen LogP contribution in [0.5, 0.6) is 5.75 Å². The minimum atomic E-state index is -0.445. The van der Waals surface area contributed by atoms with E-state index >= 15 is 0 Å². The smallest absolute Gasteiger partial charge is 0.331 e. The number of aryl methyl sites for hydroxylation is 1. The van der Waals surface area contributed by atoms with Crippen LogP contribution in [-0.2, 0) is 11.3 Å². The van der Waals surface area contributed by atoms with Crippen LogP contribution in [0.1, 0.15) is 11.1 Å². The average molecular weight is 313 g/mol. The Morgan fingerprint density at radius 3 is 2.73 bits per heavy atom. The zero-order valence-corrected chi connectivity index (χ0v) is 13.1. The number of thiazole rings is 1. The molecule has 0 fully saturated rings. The van der Waals surface area contributed by atoms with E-state index in [1.165, 1.54) is 4.57 Å². The summed E-state index contributed by atoms with van der Waals surface area (Å²) in [6.45, 7) is 3.78. The van der Waals surface area contributed by atoms with Crippen LogP contribution in [0, 0.1) is 13.8 Å². The molecule has 0 saturated heterocycles. The fourth-order valence-electron chi connectivity index (χ4n) is 2.28. The first-order chi connectivity index (χ1) is 10.6. The standard InChI is InChI=1S/C17H15NO3S/c1-11-6-5-8-14(12(11)2)21-16(19)10-18-13-7-3-4-9-15(13)22-17(18)20/h3-9H,10H2,1-2H3. The van der Waals surface area contributed by atoms with Gasteiger partial charge in [-0.3, -0.25) is 9.36 Å². The molecule has 22 heavy (non-hydrogen) atoms. The third-order valence-corrected chi connectivity index (χ3v) is 4.60. The first-order valence-corrected chi connectivity index (χ1v) is 7.73.